The summed E-state index contributed by atoms with van der Waals surface area (Å²) in [5.41, 5.74) is 1.48. The Bertz CT molecular complexity index is 543. The zero-order chi connectivity index (χ0) is 13.8. The van der Waals surface area contributed by atoms with E-state index in [0.717, 1.165) is 19.4 Å². The second-order valence-electron chi connectivity index (χ2n) is 4.28. The molecule has 2 amide bonds. The summed E-state index contributed by atoms with van der Waals surface area (Å²) in [6.45, 7) is 2.92. The van der Waals surface area contributed by atoms with Gasteiger partial charge in [0.15, 0.2) is 5.11 Å². The summed E-state index contributed by atoms with van der Waals surface area (Å²) in [6, 6.07) is 4.97. The first-order chi connectivity index (χ1) is 9.11. The summed E-state index contributed by atoms with van der Waals surface area (Å²) in [7, 11) is 0. The summed E-state index contributed by atoms with van der Waals surface area (Å²) < 4.78 is 0. The maximum Gasteiger partial charge on any atom is 0.259 e. The molecule has 2 rings (SSSR count). The van der Waals surface area contributed by atoms with Gasteiger partial charge < -0.3 is 10.6 Å². The van der Waals surface area contributed by atoms with E-state index in [0.29, 0.717) is 21.9 Å². The zero-order valence-electron chi connectivity index (χ0n) is 10.6. The molecule has 0 aromatic heterocycles. The van der Waals surface area contributed by atoms with Crippen molar-refractivity contribution in [1.82, 2.24) is 10.6 Å². The molecule has 0 atom stereocenters. The lowest BCUT2D eigenvalue weighted by Gasteiger charge is -2.10. The Labute approximate surface area is 116 Å². The first-order valence-corrected chi connectivity index (χ1v) is 6.57. The van der Waals surface area contributed by atoms with Crippen LogP contribution in [-0.4, -0.2) is 23.5 Å². The molecule has 0 saturated carbocycles. The third kappa shape index (κ3) is 3.08. The fraction of sp³-hybridized carbons (Fsp3) is 0.308. The van der Waals surface area contributed by atoms with Gasteiger partial charge in [0.1, 0.15) is 0 Å². The van der Waals surface area contributed by atoms with Gasteiger partial charge in [-0.3, -0.25) is 14.9 Å². The van der Waals surface area contributed by atoms with Gasteiger partial charge in [0, 0.05) is 12.2 Å². The molecule has 1 aromatic carbocycles. The maximum absolute atomic E-state index is 11.5. The number of carbonyl (C=O) groups is 2. The van der Waals surface area contributed by atoms with Crippen molar-refractivity contribution in [2.24, 2.45) is 0 Å². The number of amides is 2. The summed E-state index contributed by atoms with van der Waals surface area (Å²) in [5, 5.41) is 8.83. The number of rotatable bonds is 4. The minimum absolute atomic E-state index is 0.352. The number of fused-ring (bicyclic) bond motifs is 1. The van der Waals surface area contributed by atoms with E-state index >= 15 is 0 Å². The van der Waals surface area contributed by atoms with Crippen molar-refractivity contribution in [1.29, 1.82) is 0 Å². The SMILES string of the molecule is CCCCNC(=S)Nc1ccc2c(c1)C(=O)NC2=O. The number of imide groups is 1. The highest BCUT2D eigenvalue weighted by Gasteiger charge is 2.26. The highest BCUT2D eigenvalue weighted by atomic mass is 32.1. The Morgan fingerprint density at radius 3 is 2.74 bits per heavy atom. The molecule has 1 heterocycles. The van der Waals surface area contributed by atoms with Gasteiger partial charge in [-0.05, 0) is 36.8 Å². The van der Waals surface area contributed by atoms with Crippen LogP contribution in [-0.2, 0) is 0 Å². The Morgan fingerprint density at radius 2 is 2.00 bits per heavy atom. The van der Waals surface area contributed by atoms with Crippen LogP contribution in [0.1, 0.15) is 40.5 Å². The number of anilines is 1. The van der Waals surface area contributed by atoms with Crippen molar-refractivity contribution < 1.29 is 9.59 Å². The predicted octanol–water partition coefficient (Wildman–Crippen LogP) is 1.66. The van der Waals surface area contributed by atoms with Gasteiger partial charge in [0.2, 0.25) is 0 Å². The fourth-order valence-corrected chi connectivity index (χ4v) is 2.02. The molecular formula is C13H15N3O2S. The van der Waals surface area contributed by atoms with E-state index in [9.17, 15) is 9.59 Å². The Balaban J connectivity index is 2.03. The number of thiocarbonyl (C=S) groups is 1. The lowest BCUT2D eigenvalue weighted by molar-refractivity contribution is 0.0879. The van der Waals surface area contributed by atoms with Crippen molar-refractivity contribution in [3.05, 3.63) is 29.3 Å². The van der Waals surface area contributed by atoms with Gasteiger partial charge in [-0.1, -0.05) is 13.3 Å². The predicted molar refractivity (Wildman–Crippen MR) is 77.4 cm³/mol. The van der Waals surface area contributed by atoms with Gasteiger partial charge in [-0.25, -0.2) is 0 Å². The summed E-state index contributed by atoms with van der Waals surface area (Å²) in [6.07, 6.45) is 2.14. The third-order valence-corrected chi connectivity index (χ3v) is 3.06. The van der Waals surface area contributed by atoms with E-state index in [1.165, 1.54) is 0 Å². The highest BCUT2D eigenvalue weighted by molar-refractivity contribution is 7.80. The van der Waals surface area contributed by atoms with Crippen LogP contribution in [0.5, 0.6) is 0 Å². The highest BCUT2D eigenvalue weighted by Crippen LogP contribution is 2.20. The Morgan fingerprint density at radius 1 is 1.26 bits per heavy atom. The van der Waals surface area contributed by atoms with Crippen LogP contribution in [0.3, 0.4) is 0 Å². The third-order valence-electron chi connectivity index (χ3n) is 2.81. The minimum Gasteiger partial charge on any atom is -0.362 e. The van der Waals surface area contributed by atoms with E-state index in [2.05, 4.69) is 22.9 Å². The summed E-state index contributed by atoms with van der Waals surface area (Å²) >= 11 is 5.14. The number of nitrogens with one attached hydrogen (secondary N) is 3. The van der Waals surface area contributed by atoms with Crippen LogP contribution in [0.15, 0.2) is 18.2 Å². The first kappa shape index (κ1) is 13.5. The van der Waals surface area contributed by atoms with Gasteiger partial charge in [0.05, 0.1) is 11.1 Å². The molecule has 100 valence electrons. The topological polar surface area (TPSA) is 70.2 Å². The molecule has 0 spiro atoms. The monoisotopic (exact) mass is 277 g/mol. The number of benzene rings is 1. The quantitative estimate of drug-likeness (QED) is 0.443. The molecule has 0 fully saturated rings. The van der Waals surface area contributed by atoms with Crippen molar-refractivity contribution in [3.63, 3.8) is 0 Å². The standard InChI is InChI=1S/C13H15N3O2S/c1-2-3-6-14-13(19)15-8-4-5-9-10(7-8)12(18)16-11(9)17/h4-5,7H,2-3,6H2,1H3,(H2,14,15,19)(H,16,17,18). The molecular weight excluding hydrogens is 262 g/mol. The molecule has 3 N–H and O–H groups in total. The van der Waals surface area contributed by atoms with Gasteiger partial charge in [-0.2, -0.15) is 0 Å². The van der Waals surface area contributed by atoms with Crippen LogP contribution in [0, 0.1) is 0 Å². The fourth-order valence-electron chi connectivity index (χ4n) is 1.80. The normalized spacial score (nSPS) is 12.9. The number of unbranched alkanes of at least 4 members (excludes halogenated alkanes) is 1. The summed E-state index contributed by atoms with van der Waals surface area (Å²) in [5.74, 6) is -0.719. The van der Waals surface area contributed by atoms with Crippen molar-refractivity contribution in [3.8, 4) is 0 Å². The van der Waals surface area contributed by atoms with E-state index in [1.54, 1.807) is 18.2 Å². The number of hydrogen-bond donors (Lipinski definition) is 3. The minimum atomic E-state index is -0.367. The molecule has 0 saturated heterocycles. The lowest BCUT2D eigenvalue weighted by Crippen LogP contribution is -2.29. The average molecular weight is 277 g/mol. The molecule has 6 heteroatoms. The average Bonchev–Trinajstić information content (AvgIpc) is 2.65. The van der Waals surface area contributed by atoms with E-state index in [4.69, 9.17) is 12.2 Å². The molecule has 1 aliphatic rings. The van der Waals surface area contributed by atoms with Crippen molar-refractivity contribution in [2.75, 3.05) is 11.9 Å². The second-order valence-corrected chi connectivity index (χ2v) is 4.69. The van der Waals surface area contributed by atoms with Gasteiger partial charge in [-0.15, -0.1) is 0 Å². The van der Waals surface area contributed by atoms with Crippen molar-refractivity contribution >= 4 is 34.8 Å². The number of carbonyl (C=O) groups excluding carboxylic acids is 2. The molecule has 0 aliphatic carbocycles. The van der Waals surface area contributed by atoms with E-state index in [-0.39, 0.29) is 11.8 Å². The maximum atomic E-state index is 11.5. The van der Waals surface area contributed by atoms with E-state index in [1.807, 2.05) is 0 Å². The van der Waals surface area contributed by atoms with Crippen LogP contribution < -0.4 is 16.0 Å². The van der Waals surface area contributed by atoms with Crippen LogP contribution in [0.2, 0.25) is 0 Å². The second kappa shape index (κ2) is 5.79. The largest absolute Gasteiger partial charge is 0.362 e. The van der Waals surface area contributed by atoms with Crippen LogP contribution in [0.25, 0.3) is 0 Å². The summed E-state index contributed by atoms with van der Waals surface area (Å²) in [4.78, 5) is 22.9. The molecule has 0 radical (unpaired) electrons. The first-order valence-electron chi connectivity index (χ1n) is 6.16. The Kier molecular flexibility index (Phi) is 4.11. The van der Waals surface area contributed by atoms with Crippen LogP contribution in [0.4, 0.5) is 5.69 Å². The molecule has 0 bridgehead atoms. The number of hydrogen-bond acceptors (Lipinski definition) is 3. The zero-order valence-corrected chi connectivity index (χ0v) is 11.4. The smallest absolute Gasteiger partial charge is 0.259 e. The molecule has 19 heavy (non-hydrogen) atoms. The van der Waals surface area contributed by atoms with Gasteiger partial charge in [0.25, 0.3) is 11.8 Å². The lowest BCUT2D eigenvalue weighted by atomic mass is 10.1. The Hall–Kier alpha value is -1.95. The van der Waals surface area contributed by atoms with Crippen molar-refractivity contribution in [2.45, 2.75) is 19.8 Å². The molecule has 1 aliphatic heterocycles. The van der Waals surface area contributed by atoms with Gasteiger partial charge >= 0.3 is 0 Å². The molecule has 0 unspecified atom stereocenters. The molecule has 5 nitrogen and oxygen atoms in total. The van der Waals surface area contributed by atoms with Crippen LogP contribution >= 0.6 is 12.2 Å². The molecule has 1 aromatic rings. The van der Waals surface area contributed by atoms with E-state index < -0.39 is 0 Å².